The van der Waals surface area contributed by atoms with E-state index in [-0.39, 0.29) is 9.68 Å². The van der Waals surface area contributed by atoms with Gasteiger partial charge in [-0.25, -0.2) is 0 Å². The fraction of sp³-hybridized carbons (Fsp3) is 0.875. The highest BCUT2D eigenvalue weighted by atomic mass is 32.2. The van der Waals surface area contributed by atoms with Crippen LogP contribution in [-0.2, 0) is 4.84 Å². The highest BCUT2D eigenvalue weighted by Gasteiger charge is 2.50. The fourth-order valence-electron chi connectivity index (χ4n) is 1.11. The van der Waals surface area contributed by atoms with Crippen molar-refractivity contribution in [3.8, 4) is 0 Å². The van der Waals surface area contributed by atoms with E-state index in [0.29, 0.717) is 0 Å². The molecule has 0 aromatic heterocycles. The number of hydrogen-bond donors (Lipinski definition) is 0. The van der Waals surface area contributed by atoms with Gasteiger partial charge >= 0.3 is 0 Å². The Hall–Kier alpha value is 0.170. The first-order valence-electron chi connectivity index (χ1n) is 3.84. The number of oxime groups is 1. The van der Waals surface area contributed by atoms with E-state index >= 15 is 0 Å². The predicted molar refractivity (Wildman–Crippen MR) is 57.7 cm³/mol. The van der Waals surface area contributed by atoms with Crippen LogP contribution in [0, 0.1) is 5.41 Å². The van der Waals surface area contributed by atoms with Crippen LogP contribution in [0.15, 0.2) is 5.16 Å². The van der Waals surface area contributed by atoms with Crippen molar-refractivity contribution in [2.24, 2.45) is 10.6 Å². The van der Waals surface area contributed by atoms with Crippen molar-refractivity contribution in [2.75, 3.05) is 12.5 Å². The number of hydrogen-bond acceptors (Lipinski definition) is 4. The second-order valence-electron chi connectivity index (χ2n) is 3.75. The summed E-state index contributed by atoms with van der Waals surface area (Å²) in [6.45, 7) is 6.49. The second-order valence-corrected chi connectivity index (χ2v) is 5.97. The third-order valence-corrected chi connectivity index (χ3v) is 4.41. The second kappa shape index (κ2) is 3.14. The van der Waals surface area contributed by atoms with Crippen molar-refractivity contribution in [3.05, 3.63) is 0 Å². The van der Waals surface area contributed by atoms with Crippen LogP contribution < -0.4 is 0 Å². The van der Waals surface area contributed by atoms with Gasteiger partial charge in [-0.05, 0) is 12.5 Å². The van der Waals surface area contributed by atoms with E-state index in [1.165, 1.54) is 0 Å². The molecular weight excluding hydrogens is 190 g/mol. The minimum Gasteiger partial charge on any atom is -0.360 e. The van der Waals surface area contributed by atoms with Gasteiger partial charge in [0.05, 0.1) is 0 Å². The highest BCUT2D eigenvalue weighted by Crippen LogP contribution is 2.47. The van der Waals surface area contributed by atoms with Gasteiger partial charge < -0.3 is 4.84 Å². The van der Waals surface area contributed by atoms with Gasteiger partial charge in [0, 0.05) is 5.41 Å². The summed E-state index contributed by atoms with van der Waals surface area (Å²) in [7, 11) is 0. The molecule has 0 aliphatic carbocycles. The molecular formula is C8H15NOS2. The molecule has 0 bridgehead atoms. The Kier molecular flexibility index (Phi) is 2.69. The molecule has 4 heteroatoms. The minimum atomic E-state index is -0.210. The molecule has 0 N–H and O–H groups in total. The zero-order valence-corrected chi connectivity index (χ0v) is 9.80. The molecule has 2 nitrogen and oxygen atoms in total. The highest BCUT2D eigenvalue weighted by molar-refractivity contribution is 8.18. The first kappa shape index (κ1) is 10.3. The maximum Gasteiger partial charge on any atom is 0.270 e. The quantitative estimate of drug-likeness (QED) is 0.647. The number of thioether (sulfide) groups is 2. The summed E-state index contributed by atoms with van der Waals surface area (Å²) >= 11 is 3.41. The SMILES string of the molecule is CSC1(SC)ON=C1C(C)(C)C. The van der Waals surface area contributed by atoms with Crippen LogP contribution in [-0.4, -0.2) is 22.5 Å². The molecule has 0 amide bonds. The predicted octanol–water partition coefficient (Wildman–Crippen LogP) is 2.80. The normalized spacial score (nSPS) is 20.9. The third kappa shape index (κ3) is 1.46. The molecule has 0 saturated heterocycles. The summed E-state index contributed by atoms with van der Waals surface area (Å²) in [6.07, 6.45) is 4.11. The van der Waals surface area contributed by atoms with Crippen molar-refractivity contribution in [3.63, 3.8) is 0 Å². The molecule has 1 aliphatic rings. The Morgan fingerprint density at radius 3 is 1.83 bits per heavy atom. The maximum absolute atomic E-state index is 5.27. The lowest BCUT2D eigenvalue weighted by atomic mass is 9.89. The van der Waals surface area contributed by atoms with Crippen molar-refractivity contribution in [2.45, 2.75) is 25.0 Å². The van der Waals surface area contributed by atoms with Crippen molar-refractivity contribution < 1.29 is 4.84 Å². The number of nitrogens with zero attached hydrogens (tertiary/aromatic N) is 1. The van der Waals surface area contributed by atoms with E-state index in [0.717, 1.165) is 5.71 Å². The van der Waals surface area contributed by atoms with Crippen LogP contribution in [0.2, 0.25) is 0 Å². The van der Waals surface area contributed by atoms with E-state index in [1.807, 2.05) is 0 Å². The standard InChI is InChI=1S/C8H15NOS2/c1-7(2,3)6-8(11-4,12-5)10-9-6/h1-5H3. The van der Waals surface area contributed by atoms with Crippen LogP contribution in [0.5, 0.6) is 0 Å². The lowest BCUT2D eigenvalue weighted by Gasteiger charge is -2.41. The summed E-state index contributed by atoms with van der Waals surface area (Å²) in [4.78, 5) is 5.27. The molecule has 1 rings (SSSR count). The van der Waals surface area contributed by atoms with Gasteiger partial charge in [0.1, 0.15) is 5.71 Å². The molecule has 12 heavy (non-hydrogen) atoms. The van der Waals surface area contributed by atoms with Gasteiger partial charge in [-0.2, -0.15) is 0 Å². The van der Waals surface area contributed by atoms with Crippen LogP contribution in [0.25, 0.3) is 0 Å². The van der Waals surface area contributed by atoms with E-state index < -0.39 is 0 Å². The van der Waals surface area contributed by atoms with Crippen LogP contribution >= 0.6 is 23.5 Å². The average Bonchev–Trinajstić information content (AvgIpc) is 1.85. The summed E-state index contributed by atoms with van der Waals surface area (Å²) < 4.78 is -0.210. The average molecular weight is 205 g/mol. The molecule has 0 saturated carbocycles. The van der Waals surface area contributed by atoms with Crippen LogP contribution in [0.4, 0.5) is 0 Å². The Morgan fingerprint density at radius 1 is 1.25 bits per heavy atom. The monoisotopic (exact) mass is 205 g/mol. The van der Waals surface area contributed by atoms with Gasteiger partial charge in [-0.15, -0.1) is 0 Å². The Bertz CT molecular complexity index is 204. The molecule has 0 aromatic carbocycles. The smallest absolute Gasteiger partial charge is 0.270 e. The molecule has 0 atom stereocenters. The molecule has 1 aliphatic heterocycles. The van der Waals surface area contributed by atoms with E-state index in [2.05, 4.69) is 38.4 Å². The van der Waals surface area contributed by atoms with Crippen molar-refractivity contribution in [1.82, 2.24) is 0 Å². The first-order chi connectivity index (χ1) is 5.46. The fourth-order valence-corrected chi connectivity index (χ4v) is 3.08. The lowest BCUT2D eigenvalue weighted by molar-refractivity contribution is 0.0829. The zero-order chi connectivity index (χ0) is 9.41. The molecule has 70 valence electrons. The molecule has 0 fully saturated rings. The lowest BCUT2D eigenvalue weighted by Crippen LogP contribution is -2.48. The van der Waals surface area contributed by atoms with E-state index in [9.17, 15) is 0 Å². The Labute approximate surface area is 82.5 Å². The third-order valence-electron chi connectivity index (χ3n) is 1.80. The van der Waals surface area contributed by atoms with E-state index in [4.69, 9.17) is 4.84 Å². The summed E-state index contributed by atoms with van der Waals surface area (Å²) in [5.41, 5.74) is 1.26. The molecule has 0 unspecified atom stereocenters. The largest absolute Gasteiger partial charge is 0.360 e. The molecule has 1 heterocycles. The van der Waals surface area contributed by atoms with E-state index in [1.54, 1.807) is 23.5 Å². The number of rotatable bonds is 2. The molecule has 0 radical (unpaired) electrons. The van der Waals surface area contributed by atoms with Gasteiger partial charge in [0.15, 0.2) is 0 Å². The molecule has 0 spiro atoms. The Balaban J connectivity index is 2.83. The zero-order valence-electron chi connectivity index (χ0n) is 8.17. The summed E-state index contributed by atoms with van der Waals surface area (Å²) in [6, 6.07) is 0. The van der Waals surface area contributed by atoms with Gasteiger partial charge in [-0.1, -0.05) is 49.5 Å². The summed E-state index contributed by atoms with van der Waals surface area (Å²) in [5, 5.41) is 4.01. The maximum atomic E-state index is 5.27. The van der Waals surface area contributed by atoms with Crippen molar-refractivity contribution in [1.29, 1.82) is 0 Å². The summed E-state index contributed by atoms with van der Waals surface area (Å²) in [5.74, 6) is 0. The van der Waals surface area contributed by atoms with Gasteiger partial charge in [-0.3, -0.25) is 0 Å². The van der Waals surface area contributed by atoms with Crippen molar-refractivity contribution >= 4 is 29.2 Å². The minimum absolute atomic E-state index is 0.115. The Morgan fingerprint density at radius 2 is 1.75 bits per heavy atom. The van der Waals surface area contributed by atoms with Gasteiger partial charge in [0.2, 0.25) is 0 Å². The van der Waals surface area contributed by atoms with Gasteiger partial charge in [0.25, 0.3) is 4.27 Å². The van der Waals surface area contributed by atoms with Crippen LogP contribution in [0.3, 0.4) is 0 Å². The first-order valence-corrected chi connectivity index (χ1v) is 6.28. The molecule has 0 aromatic rings. The topological polar surface area (TPSA) is 21.6 Å². The van der Waals surface area contributed by atoms with Crippen LogP contribution in [0.1, 0.15) is 20.8 Å².